The number of para-hydroxylation sites is 2. The quantitative estimate of drug-likeness (QED) is 0.130. The van der Waals surface area contributed by atoms with Crippen molar-refractivity contribution in [3.05, 3.63) is 482 Å². The number of aromatic nitrogens is 4. The first kappa shape index (κ1) is 71.1. The summed E-state index contributed by atoms with van der Waals surface area (Å²) in [6.45, 7) is 4.75. The molecule has 0 saturated heterocycles. The molecular formula is C120H80N4. The zero-order valence-electron chi connectivity index (χ0n) is 68.5. The first-order valence-electron chi connectivity index (χ1n) is 43.2. The van der Waals surface area contributed by atoms with Crippen molar-refractivity contribution in [3.8, 4) is 89.5 Å². The molecule has 4 heteroatoms. The topological polar surface area (TPSA) is 19.7 Å². The van der Waals surface area contributed by atoms with Gasteiger partial charge in [-0.3, -0.25) is 0 Å². The largest absolute Gasteiger partial charge is 0.309 e. The minimum absolute atomic E-state index is 0.0899. The molecule has 0 aliphatic heterocycles. The van der Waals surface area contributed by atoms with Crippen LogP contribution in [0.15, 0.2) is 449 Å². The summed E-state index contributed by atoms with van der Waals surface area (Å²) >= 11 is 0. The van der Waals surface area contributed by atoms with E-state index >= 15 is 0 Å². The van der Waals surface area contributed by atoms with Gasteiger partial charge in [-0.1, -0.05) is 341 Å². The summed E-state index contributed by atoms with van der Waals surface area (Å²) < 4.78 is 9.87. The van der Waals surface area contributed by atoms with Crippen molar-refractivity contribution in [2.45, 2.75) is 24.7 Å². The van der Waals surface area contributed by atoms with Gasteiger partial charge in [0.15, 0.2) is 0 Å². The smallest absolute Gasteiger partial charge is 0.0714 e. The van der Waals surface area contributed by atoms with Crippen molar-refractivity contribution in [3.63, 3.8) is 0 Å². The van der Waals surface area contributed by atoms with Crippen molar-refractivity contribution < 1.29 is 0 Å². The summed E-state index contributed by atoms with van der Waals surface area (Å²) in [5.41, 5.74) is 36.6. The Morgan fingerprint density at radius 2 is 0.548 bits per heavy atom. The third-order valence-electron chi connectivity index (χ3n) is 27.2. The molecule has 4 nitrogen and oxygen atoms in total. The second kappa shape index (κ2) is 27.9. The highest BCUT2D eigenvalue weighted by Gasteiger charge is 2.47. The van der Waals surface area contributed by atoms with Gasteiger partial charge in [0.2, 0.25) is 0 Å². The van der Waals surface area contributed by atoms with Crippen LogP contribution in [0.3, 0.4) is 0 Å². The molecule has 2 aliphatic rings. The molecule has 0 saturated carbocycles. The standard InChI is InChI=1S/C65H42N2.C55H38N2/c1-4-17-43(18-5-1)46-21-16-26-51(37-46)66-61-30-15-13-28-54(61)56-39-47(32-35-62(56)66)48-33-36-63-57(40-48)58-41-55-53-27-12-14-29-59(53)65(49-22-6-2-7-23-49,50-24-8-3-9-25-50)60(55)42-64(58)67(63)52-34-31-44-19-10-11-20-45(44)38-52;1-55(2)48-21-10-8-20-45(48)53-49(55)28-27-44-47-34-40(25-30-52(47)57(54(44)53)42-26-23-36-15-6-7-16-37(36)32-42)39-24-29-51-46(33-39)43-19-9-11-22-50(43)56(51)41-18-12-17-38(31-41)35-13-4-3-5-14-35/h1-42H;3-34H,1-2H3. The average Bonchev–Trinajstić information content (AvgIpc) is 1.52. The van der Waals surface area contributed by atoms with Crippen LogP contribution in [0.2, 0.25) is 0 Å². The molecule has 4 heterocycles. The third-order valence-corrected chi connectivity index (χ3v) is 27.2. The van der Waals surface area contributed by atoms with Crippen LogP contribution in [0.25, 0.3) is 198 Å². The molecule has 580 valence electrons. The Bertz CT molecular complexity index is 8460. The van der Waals surface area contributed by atoms with E-state index in [-0.39, 0.29) is 5.41 Å². The lowest BCUT2D eigenvalue weighted by Crippen LogP contribution is -2.28. The number of rotatable bonds is 10. The highest BCUT2D eigenvalue weighted by Crippen LogP contribution is 2.59. The van der Waals surface area contributed by atoms with Crippen molar-refractivity contribution >= 4 is 109 Å². The molecule has 24 aromatic rings. The molecule has 20 aromatic carbocycles. The SMILES string of the molecule is CC1(C)c2ccccc2-c2c1ccc1c3cc(-c4ccc5c(c4)c4ccccc4n5-c4cccc(-c5ccccc5)c4)ccc3n(-c3ccc4ccccc4c3)c21.c1ccc(-c2cccc(-n3c4ccccc4c4cc(-c5ccc6c(c5)c5cc7c(cc5n6-c5ccc6ccccc6c5)C(c5ccccc5)(c5ccccc5)c5ccccc5-7)ccc43)c2)cc1. The van der Waals surface area contributed by atoms with Crippen LogP contribution >= 0.6 is 0 Å². The Hall–Kier alpha value is -15.9. The molecule has 0 N–H and O–H groups in total. The van der Waals surface area contributed by atoms with E-state index in [2.05, 4.69) is 481 Å². The molecule has 0 amide bonds. The average molecular weight is 1580 g/mol. The second-order valence-electron chi connectivity index (χ2n) is 34.2. The first-order valence-corrected chi connectivity index (χ1v) is 43.2. The third kappa shape index (κ3) is 10.8. The highest BCUT2D eigenvalue weighted by atomic mass is 15.0. The Morgan fingerprint density at radius 3 is 1.07 bits per heavy atom. The van der Waals surface area contributed by atoms with Crippen LogP contribution < -0.4 is 0 Å². The van der Waals surface area contributed by atoms with Gasteiger partial charge in [-0.2, -0.15) is 0 Å². The predicted octanol–water partition coefficient (Wildman–Crippen LogP) is 31.4. The molecule has 26 rings (SSSR count). The lowest BCUT2D eigenvalue weighted by Gasteiger charge is -2.34. The number of nitrogens with zero attached hydrogens (tertiary/aromatic N) is 4. The van der Waals surface area contributed by atoms with Crippen LogP contribution in [-0.4, -0.2) is 18.3 Å². The minimum atomic E-state index is -0.504. The fraction of sp³-hybridized carbons (Fsp3) is 0.0333. The number of benzene rings is 20. The van der Waals surface area contributed by atoms with E-state index in [1.807, 2.05) is 0 Å². The first-order chi connectivity index (χ1) is 61.2. The van der Waals surface area contributed by atoms with E-state index < -0.39 is 5.41 Å². The van der Waals surface area contributed by atoms with E-state index in [0.717, 1.165) is 17.1 Å². The summed E-state index contributed by atoms with van der Waals surface area (Å²) in [5, 5.41) is 15.0. The maximum absolute atomic E-state index is 2.53. The molecule has 0 unspecified atom stereocenters. The van der Waals surface area contributed by atoms with Crippen molar-refractivity contribution in [2.75, 3.05) is 0 Å². The van der Waals surface area contributed by atoms with E-state index in [1.54, 1.807) is 0 Å². The van der Waals surface area contributed by atoms with E-state index in [9.17, 15) is 0 Å². The summed E-state index contributed by atoms with van der Waals surface area (Å²) in [4.78, 5) is 0. The van der Waals surface area contributed by atoms with Crippen LogP contribution in [0, 0.1) is 0 Å². The molecular weight excluding hydrogens is 1500 g/mol. The number of hydrogen-bond acceptors (Lipinski definition) is 0. The zero-order chi connectivity index (χ0) is 81.9. The van der Waals surface area contributed by atoms with Gasteiger partial charge in [0, 0.05) is 76.8 Å². The molecule has 124 heavy (non-hydrogen) atoms. The Balaban J connectivity index is 0.000000138. The van der Waals surface area contributed by atoms with Gasteiger partial charge in [-0.05, 0) is 237 Å². The maximum Gasteiger partial charge on any atom is 0.0714 e. The van der Waals surface area contributed by atoms with Crippen LogP contribution in [-0.2, 0) is 10.8 Å². The molecule has 4 aromatic heterocycles. The summed E-state index contributed by atoms with van der Waals surface area (Å²) in [7, 11) is 0. The van der Waals surface area contributed by atoms with Gasteiger partial charge in [-0.25, -0.2) is 0 Å². The van der Waals surface area contributed by atoms with Crippen molar-refractivity contribution in [2.24, 2.45) is 0 Å². The van der Waals surface area contributed by atoms with Crippen LogP contribution in [0.1, 0.15) is 47.2 Å². The van der Waals surface area contributed by atoms with E-state index in [1.165, 1.54) is 215 Å². The Kier molecular flexibility index (Phi) is 16.0. The lowest BCUT2D eigenvalue weighted by atomic mass is 9.67. The fourth-order valence-corrected chi connectivity index (χ4v) is 21.6. The van der Waals surface area contributed by atoms with E-state index in [4.69, 9.17) is 0 Å². The monoisotopic (exact) mass is 1580 g/mol. The lowest BCUT2D eigenvalue weighted by molar-refractivity contribution is 0.661. The minimum Gasteiger partial charge on any atom is -0.309 e. The Morgan fingerprint density at radius 1 is 0.177 bits per heavy atom. The zero-order valence-corrected chi connectivity index (χ0v) is 68.5. The number of hydrogen-bond donors (Lipinski definition) is 0. The second-order valence-corrected chi connectivity index (χ2v) is 34.2. The van der Waals surface area contributed by atoms with Gasteiger partial charge in [-0.15, -0.1) is 0 Å². The van der Waals surface area contributed by atoms with Gasteiger partial charge in [0.1, 0.15) is 0 Å². The molecule has 0 fully saturated rings. The van der Waals surface area contributed by atoms with Gasteiger partial charge < -0.3 is 18.3 Å². The van der Waals surface area contributed by atoms with E-state index in [0.29, 0.717) is 0 Å². The van der Waals surface area contributed by atoms with Gasteiger partial charge in [0.25, 0.3) is 0 Å². The summed E-state index contributed by atoms with van der Waals surface area (Å²) in [6.07, 6.45) is 0. The molecule has 0 radical (unpaired) electrons. The maximum atomic E-state index is 2.53. The van der Waals surface area contributed by atoms with Crippen LogP contribution in [0.4, 0.5) is 0 Å². The van der Waals surface area contributed by atoms with Crippen LogP contribution in [0.5, 0.6) is 0 Å². The molecule has 0 bridgehead atoms. The summed E-state index contributed by atoms with van der Waals surface area (Å²) in [6, 6.07) is 166. The normalized spacial score (nSPS) is 13.0. The highest BCUT2D eigenvalue weighted by molar-refractivity contribution is 6.19. The number of fused-ring (bicyclic) bond motifs is 21. The Labute approximate surface area is 718 Å². The predicted molar refractivity (Wildman–Crippen MR) is 522 cm³/mol. The molecule has 2 aliphatic carbocycles. The van der Waals surface area contributed by atoms with Gasteiger partial charge >= 0.3 is 0 Å². The summed E-state index contributed by atoms with van der Waals surface area (Å²) in [5.74, 6) is 0. The van der Waals surface area contributed by atoms with Crippen molar-refractivity contribution in [1.82, 2.24) is 18.3 Å². The molecule has 0 atom stereocenters. The van der Waals surface area contributed by atoms with Gasteiger partial charge in [0.05, 0.1) is 49.5 Å². The fourth-order valence-electron chi connectivity index (χ4n) is 21.6. The molecule has 0 spiro atoms. The van der Waals surface area contributed by atoms with Crippen molar-refractivity contribution in [1.29, 1.82) is 0 Å².